The SMILES string of the molecule is CCC(Nc1ccccc1S(=O)(=O)NC)c1nccs1. The molecule has 0 radical (unpaired) electrons. The van der Waals surface area contributed by atoms with Crippen molar-refractivity contribution in [3.05, 3.63) is 40.8 Å². The second-order valence-corrected chi connectivity index (χ2v) is 6.96. The molecule has 0 saturated carbocycles. The summed E-state index contributed by atoms with van der Waals surface area (Å²) in [5, 5.41) is 6.13. The molecule has 0 bridgehead atoms. The standard InChI is InChI=1S/C13H17N3O2S2/c1-3-10(13-15-8-9-19-13)16-11-6-4-5-7-12(11)20(17,18)14-2/h4-10,14,16H,3H2,1-2H3. The molecular weight excluding hydrogens is 294 g/mol. The van der Waals surface area contributed by atoms with Gasteiger partial charge in [0.15, 0.2) is 0 Å². The van der Waals surface area contributed by atoms with Crippen LogP contribution in [0.25, 0.3) is 0 Å². The number of hydrogen-bond donors (Lipinski definition) is 2. The summed E-state index contributed by atoms with van der Waals surface area (Å²) in [6.45, 7) is 2.04. The number of sulfonamides is 1. The molecule has 0 spiro atoms. The lowest BCUT2D eigenvalue weighted by atomic mass is 10.2. The van der Waals surface area contributed by atoms with E-state index in [1.54, 1.807) is 35.7 Å². The summed E-state index contributed by atoms with van der Waals surface area (Å²) in [7, 11) is -2.07. The Morgan fingerprint density at radius 3 is 2.70 bits per heavy atom. The summed E-state index contributed by atoms with van der Waals surface area (Å²) in [5.41, 5.74) is 0.587. The van der Waals surface area contributed by atoms with Crippen molar-refractivity contribution in [1.29, 1.82) is 0 Å². The topological polar surface area (TPSA) is 71.1 Å². The van der Waals surface area contributed by atoms with Crippen molar-refractivity contribution in [2.75, 3.05) is 12.4 Å². The first-order valence-electron chi connectivity index (χ1n) is 6.27. The van der Waals surface area contributed by atoms with Gasteiger partial charge in [0.1, 0.15) is 9.90 Å². The molecule has 1 heterocycles. The van der Waals surface area contributed by atoms with E-state index in [0.29, 0.717) is 5.69 Å². The van der Waals surface area contributed by atoms with Crippen LogP contribution in [0.15, 0.2) is 40.7 Å². The molecule has 2 rings (SSSR count). The van der Waals surface area contributed by atoms with Crippen LogP contribution in [-0.4, -0.2) is 20.4 Å². The largest absolute Gasteiger partial charge is 0.375 e. The van der Waals surface area contributed by atoms with E-state index in [2.05, 4.69) is 15.0 Å². The van der Waals surface area contributed by atoms with Gasteiger partial charge in [-0.2, -0.15) is 0 Å². The second-order valence-electron chi connectivity index (χ2n) is 4.18. The average Bonchev–Trinajstić information content (AvgIpc) is 2.99. The average molecular weight is 311 g/mol. The van der Waals surface area contributed by atoms with Crippen molar-refractivity contribution in [2.24, 2.45) is 0 Å². The third-order valence-corrected chi connectivity index (χ3v) is 5.29. The Morgan fingerprint density at radius 2 is 2.10 bits per heavy atom. The maximum Gasteiger partial charge on any atom is 0.242 e. The molecule has 5 nitrogen and oxygen atoms in total. The molecule has 2 N–H and O–H groups in total. The van der Waals surface area contributed by atoms with Crippen molar-refractivity contribution in [2.45, 2.75) is 24.3 Å². The molecule has 2 aromatic rings. The fourth-order valence-corrected chi connectivity index (χ4v) is 3.53. The first-order valence-corrected chi connectivity index (χ1v) is 8.63. The van der Waals surface area contributed by atoms with E-state index in [1.807, 2.05) is 18.4 Å². The van der Waals surface area contributed by atoms with Crippen LogP contribution in [-0.2, 0) is 10.0 Å². The monoisotopic (exact) mass is 311 g/mol. The lowest BCUT2D eigenvalue weighted by Gasteiger charge is -2.18. The quantitative estimate of drug-likeness (QED) is 0.860. The Balaban J connectivity index is 2.34. The summed E-state index contributed by atoms with van der Waals surface area (Å²) < 4.78 is 26.4. The molecule has 7 heteroatoms. The van der Waals surface area contributed by atoms with Gasteiger partial charge < -0.3 is 5.32 Å². The summed E-state index contributed by atoms with van der Waals surface area (Å²) >= 11 is 1.56. The highest BCUT2D eigenvalue weighted by Crippen LogP contribution is 2.28. The molecule has 0 aliphatic rings. The van der Waals surface area contributed by atoms with E-state index in [9.17, 15) is 8.42 Å². The van der Waals surface area contributed by atoms with Crippen LogP contribution in [0.1, 0.15) is 24.4 Å². The van der Waals surface area contributed by atoms with Gasteiger partial charge >= 0.3 is 0 Å². The fraction of sp³-hybridized carbons (Fsp3) is 0.308. The number of para-hydroxylation sites is 1. The zero-order valence-electron chi connectivity index (χ0n) is 11.3. The predicted molar refractivity (Wildman–Crippen MR) is 81.5 cm³/mol. The molecule has 1 atom stereocenters. The Kier molecular flexibility index (Phi) is 4.74. The molecule has 0 saturated heterocycles. The highest BCUT2D eigenvalue weighted by Gasteiger charge is 2.19. The van der Waals surface area contributed by atoms with E-state index in [-0.39, 0.29) is 10.9 Å². The summed E-state index contributed by atoms with van der Waals surface area (Å²) in [6, 6.07) is 6.87. The zero-order valence-corrected chi connectivity index (χ0v) is 13.0. The number of nitrogens with one attached hydrogen (secondary N) is 2. The number of nitrogens with zero attached hydrogens (tertiary/aromatic N) is 1. The fourth-order valence-electron chi connectivity index (χ4n) is 1.86. The van der Waals surface area contributed by atoms with E-state index < -0.39 is 10.0 Å². The summed E-state index contributed by atoms with van der Waals surface area (Å²) in [6.07, 6.45) is 2.57. The van der Waals surface area contributed by atoms with Crippen LogP contribution in [0.3, 0.4) is 0 Å². The molecular formula is C13H17N3O2S2. The summed E-state index contributed by atoms with van der Waals surface area (Å²) in [4.78, 5) is 4.53. The van der Waals surface area contributed by atoms with Crippen molar-refractivity contribution in [3.63, 3.8) is 0 Å². The van der Waals surface area contributed by atoms with Gasteiger partial charge in [0.2, 0.25) is 10.0 Å². The van der Waals surface area contributed by atoms with Crippen LogP contribution in [0.2, 0.25) is 0 Å². The minimum atomic E-state index is -3.48. The van der Waals surface area contributed by atoms with Gasteiger partial charge in [-0.15, -0.1) is 11.3 Å². The Morgan fingerprint density at radius 1 is 1.35 bits per heavy atom. The number of rotatable bonds is 6. The zero-order chi connectivity index (χ0) is 14.6. The minimum absolute atomic E-state index is 0.00297. The van der Waals surface area contributed by atoms with Crippen LogP contribution in [0.5, 0.6) is 0 Å². The first kappa shape index (κ1) is 15.0. The minimum Gasteiger partial charge on any atom is -0.375 e. The Labute approximate surface area is 123 Å². The highest BCUT2D eigenvalue weighted by molar-refractivity contribution is 7.89. The summed E-state index contributed by atoms with van der Waals surface area (Å²) in [5.74, 6) is 0. The lowest BCUT2D eigenvalue weighted by Crippen LogP contribution is -2.21. The normalized spacial score (nSPS) is 13.1. The van der Waals surface area contributed by atoms with Gasteiger partial charge in [-0.25, -0.2) is 18.1 Å². The van der Waals surface area contributed by atoms with Gasteiger partial charge in [-0.05, 0) is 25.6 Å². The highest BCUT2D eigenvalue weighted by atomic mass is 32.2. The molecule has 1 aromatic heterocycles. The molecule has 0 fully saturated rings. The molecule has 0 amide bonds. The van der Waals surface area contributed by atoms with Gasteiger partial charge in [-0.1, -0.05) is 19.1 Å². The first-order chi connectivity index (χ1) is 9.58. The Bertz CT molecular complexity index is 654. The van der Waals surface area contributed by atoms with Crippen LogP contribution in [0.4, 0.5) is 5.69 Å². The lowest BCUT2D eigenvalue weighted by molar-refractivity contribution is 0.588. The molecule has 0 aliphatic heterocycles. The van der Waals surface area contributed by atoms with Gasteiger partial charge in [0.05, 0.1) is 11.7 Å². The van der Waals surface area contributed by atoms with E-state index in [4.69, 9.17) is 0 Å². The number of aromatic nitrogens is 1. The van der Waals surface area contributed by atoms with E-state index in [1.165, 1.54) is 7.05 Å². The third kappa shape index (κ3) is 3.17. The van der Waals surface area contributed by atoms with Crippen LogP contribution < -0.4 is 10.0 Å². The molecule has 20 heavy (non-hydrogen) atoms. The molecule has 1 aromatic carbocycles. The third-order valence-electron chi connectivity index (χ3n) is 2.93. The van der Waals surface area contributed by atoms with E-state index >= 15 is 0 Å². The number of benzene rings is 1. The van der Waals surface area contributed by atoms with E-state index in [0.717, 1.165) is 11.4 Å². The maximum absolute atomic E-state index is 12.0. The van der Waals surface area contributed by atoms with Crippen molar-refractivity contribution < 1.29 is 8.42 Å². The van der Waals surface area contributed by atoms with Gasteiger partial charge in [0.25, 0.3) is 0 Å². The van der Waals surface area contributed by atoms with Crippen molar-refractivity contribution in [3.8, 4) is 0 Å². The molecule has 0 aliphatic carbocycles. The van der Waals surface area contributed by atoms with Crippen LogP contribution >= 0.6 is 11.3 Å². The number of thiazole rings is 1. The Hall–Kier alpha value is -1.44. The molecule has 108 valence electrons. The maximum atomic E-state index is 12.0. The van der Waals surface area contributed by atoms with Crippen molar-refractivity contribution in [1.82, 2.24) is 9.71 Å². The smallest absolute Gasteiger partial charge is 0.242 e. The van der Waals surface area contributed by atoms with Crippen molar-refractivity contribution >= 4 is 27.0 Å². The van der Waals surface area contributed by atoms with Gasteiger partial charge in [0, 0.05) is 11.6 Å². The number of anilines is 1. The molecule has 1 unspecified atom stereocenters. The second kappa shape index (κ2) is 6.34. The predicted octanol–water partition coefficient (Wildman–Crippen LogP) is 2.61. The van der Waals surface area contributed by atoms with Gasteiger partial charge in [-0.3, -0.25) is 0 Å². The van der Waals surface area contributed by atoms with Crippen LogP contribution in [0, 0.1) is 0 Å². The number of hydrogen-bond acceptors (Lipinski definition) is 5.